The van der Waals surface area contributed by atoms with Crippen molar-refractivity contribution in [1.82, 2.24) is 4.98 Å². The smallest absolute Gasteiger partial charge is 0.416 e. The van der Waals surface area contributed by atoms with E-state index in [-0.39, 0.29) is 18.0 Å². The Morgan fingerprint density at radius 2 is 1.65 bits per heavy atom. The predicted molar refractivity (Wildman–Crippen MR) is 68.9 cm³/mol. The number of nitrogens with zero attached hydrogens (tertiary/aromatic N) is 1. The maximum Gasteiger partial charge on any atom is 0.416 e. The first-order valence-electron chi connectivity index (χ1n) is 5.24. The van der Waals surface area contributed by atoms with Crippen molar-refractivity contribution in [2.45, 2.75) is 6.18 Å². The van der Waals surface area contributed by atoms with Gasteiger partial charge in [0, 0.05) is 12.4 Å². The lowest BCUT2D eigenvalue weighted by molar-refractivity contribution is -0.137. The molecule has 0 aliphatic rings. The fourth-order valence-corrected chi connectivity index (χ4v) is 1.63. The third kappa shape index (κ3) is 3.48. The lowest BCUT2D eigenvalue weighted by Gasteiger charge is -2.10. The van der Waals surface area contributed by atoms with E-state index in [2.05, 4.69) is 4.98 Å². The van der Waals surface area contributed by atoms with Crippen molar-refractivity contribution in [3.63, 3.8) is 0 Å². The summed E-state index contributed by atoms with van der Waals surface area (Å²) in [6.45, 7) is 0. The van der Waals surface area contributed by atoms with Crippen LogP contribution in [0.15, 0.2) is 42.7 Å². The molecule has 1 heterocycles. The van der Waals surface area contributed by atoms with Gasteiger partial charge in [-0.3, -0.25) is 4.98 Å². The Balaban J connectivity index is 0.00000200. The van der Waals surface area contributed by atoms with Crippen LogP contribution in [0.25, 0.3) is 11.1 Å². The predicted octanol–water partition coefficient (Wildman–Crippen LogP) is 3.89. The van der Waals surface area contributed by atoms with Gasteiger partial charge in [0.15, 0.2) is 0 Å². The molecule has 0 fully saturated rings. The first-order chi connectivity index (χ1) is 8.88. The van der Waals surface area contributed by atoms with Crippen LogP contribution in [-0.4, -0.2) is 16.1 Å². The van der Waals surface area contributed by atoms with Gasteiger partial charge in [-0.1, -0.05) is 0 Å². The number of halogens is 4. The van der Waals surface area contributed by atoms with Crippen LogP contribution in [0, 0.1) is 0 Å². The monoisotopic (exact) mass is 303 g/mol. The fourth-order valence-electron chi connectivity index (χ4n) is 1.63. The zero-order valence-electron chi connectivity index (χ0n) is 9.89. The lowest BCUT2D eigenvalue weighted by Crippen LogP contribution is -2.08. The quantitative estimate of drug-likeness (QED) is 0.915. The molecule has 1 N–H and O–H groups in total. The van der Waals surface area contributed by atoms with Crippen LogP contribution in [0.2, 0.25) is 0 Å². The molecular weight excluding hydrogens is 295 g/mol. The molecule has 0 unspecified atom stereocenters. The minimum atomic E-state index is -4.59. The second-order valence-electron chi connectivity index (χ2n) is 3.84. The summed E-state index contributed by atoms with van der Waals surface area (Å²) in [4.78, 5) is 14.6. The molecule has 0 aliphatic heterocycles. The van der Waals surface area contributed by atoms with Crippen molar-refractivity contribution < 1.29 is 23.1 Å². The Bertz CT molecular complexity index is 615. The molecule has 0 bridgehead atoms. The molecule has 0 spiro atoms. The van der Waals surface area contributed by atoms with E-state index in [1.165, 1.54) is 30.6 Å². The Kier molecular flexibility index (Phi) is 4.73. The SMILES string of the molecule is Cl.O=C(O)c1cc(-c2ccncc2)cc(C(F)(F)F)c1. The highest BCUT2D eigenvalue weighted by Gasteiger charge is 2.31. The minimum Gasteiger partial charge on any atom is -0.478 e. The molecule has 2 rings (SSSR count). The van der Waals surface area contributed by atoms with Crippen molar-refractivity contribution in [2.75, 3.05) is 0 Å². The van der Waals surface area contributed by atoms with Gasteiger partial charge in [-0.15, -0.1) is 12.4 Å². The average Bonchev–Trinajstić information content (AvgIpc) is 2.38. The maximum atomic E-state index is 12.7. The molecule has 7 heteroatoms. The van der Waals surface area contributed by atoms with Crippen LogP contribution in [0.1, 0.15) is 15.9 Å². The second-order valence-corrected chi connectivity index (χ2v) is 3.84. The minimum absolute atomic E-state index is 0. The van der Waals surface area contributed by atoms with Crippen LogP contribution in [-0.2, 0) is 6.18 Å². The number of aromatic carboxylic acids is 1. The van der Waals surface area contributed by atoms with Crippen LogP contribution in [0.5, 0.6) is 0 Å². The van der Waals surface area contributed by atoms with Crippen molar-refractivity contribution in [3.05, 3.63) is 53.9 Å². The second kappa shape index (κ2) is 5.92. The van der Waals surface area contributed by atoms with Crippen LogP contribution in [0.4, 0.5) is 13.2 Å². The van der Waals surface area contributed by atoms with Crippen LogP contribution in [0.3, 0.4) is 0 Å². The third-order valence-corrected chi connectivity index (χ3v) is 2.52. The molecule has 2 aromatic rings. The molecule has 0 saturated carbocycles. The van der Waals surface area contributed by atoms with E-state index in [1.807, 2.05) is 0 Å². The number of pyridine rings is 1. The van der Waals surface area contributed by atoms with Gasteiger partial charge in [-0.05, 0) is 41.5 Å². The van der Waals surface area contributed by atoms with Gasteiger partial charge >= 0.3 is 12.1 Å². The number of carboxylic acid groups (broad SMARTS) is 1. The van der Waals surface area contributed by atoms with Gasteiger partial charge in [-0.25, -0.2) is 4.79 Å². The zero-order valence-corrected chi connectivity index (χ0v) is 10.7. The van der Waals surface area contributed by atoms with E-state index in [9.17, 15) is 18.0 Å². The highest BCUT2D eigenvalue weighted by Crippen LogP contribution is 2.33. The molecule has 1 aromatic heterocycles. The van der Waals surface area contributed by atoms with Gasteiger partial charge in [0.2, 0.25) is 0 Å². The summed E-state index contributed by atoms with van der Waals surface area (Å²) in [6, 6.07) is 5.77. The van der Waals surface area contributed by atoms with Gasteiger partial charge in [0.05, 0.1) is 11.1 Å². The van der Waals surface area contributed by atoms with E-state index >= 15 is 0 Å². The lowest BCUT2D eigenvalue weighted by atomic mass is 10.0. The van der Waals surface area contributed by atoms with Crippen LogP contribution < -0.4 is 0 Å². The molecular formula is C13H9ClF3NO2. The van der Waals surface area contributed by atoms with Gasteiger partial charge in [0.25, 0.3) is 0 Å². The molecule has 0 amide bonds. The van der Waals surface area contributed by atoms with Crippen LogP contribution >= 0.6 is 12.4 Å². The van der Waals surface area contributed by atoms with Crippen molar-refractivity contribution in [1.29, 1.82) is 0 Å². The molecule has 3 nitrogen and oxygen atoms in total. The van der Waals surface area contributed by atoms with Gasteiger partial charge in [-0.2, -0.15) is 13.2 Å². The highest BCUT2D eigenvalue weighted by atomic mass is 35.5. The highest BCUT2D eigenvalue weighted by molar-refractivity contribution is 5.89. The largest absolute Gasteiger partial charge is 0.478 e. The van der Waals surface area contributed by atoms with E-state index in [4.69, 9.17) is 5.11 Å². The van der Waals surface area contributed by atoms with E-state index in [0.717, 1.165) is 6.07 Å². The number of carbonyl (C=O) groups is 1. The molecule has 0 saturated heterocycles. The molecule has 0 radical (unpaired) electrons. The summed E-state index contributed by atoms with van der Waals surface area (Å²) in [5, 5.41) is 8.87. The number of hydrogen-bond acceptors (Lipinski definition) is 2. The topological polar surface area (TPSA) is 50.2 Å². The van der Waals surface area contributed by atoms with Gasteiger partial charge < -0.3 is 5.11 Å². The number of carboxylic acids is 1. The Hall–Kier alpha value is -2.08. The standard InChI is InChI=1S/C13H8F3NO2.ClH/c14-13(15,16)11-6-9(5-10(7-11)12(18)19)8-1-3-17-4-2-8;/h1-7H,(H,18,19);1H. The summed E-state index contributed by atoms with van der Waals surface area (Å²) in [5.41, 5.74) is -0.723. The summed E-state index contributed by atoms with van der Waals surface area (Å²) in [5.74, 6) is -1.40. The average molecular weight is 304 g/mol. The number of aromatic nitrogens is 1. The molecule has 0 aliphatic carbocycles. The Morgan fingerprint density at radius 1 is 1.05 bits per heavy atom. The number of rotatable bonds is 2. The number of alkyl halides is 3. The summed E-state index contributed by atoms with van der Waals surface area (Å²) < 4.78 is 38.2. The number of hydrogen-bond donors (Lipinski definition) is 1. The molecule has 1 aromatic carbocycles. The van der Waals surface area contributed by atoms with E-state index < -0.39 is 23.3 Å². The molecule has 106 valence electrons. The fraction of sp³-hybridized carbons (Fsp3) is 0.0769. The first kappa shape index (κ1) is 16.0. The Labute approximate surface area is 118 Å². The van der Waals surface area contributed by atoms with Crippen molar-refractivity contribution in [2.24, 2.45) is 0 Å². The maximum absolute atomic E-state index is 12.7. The van der Waals surface area contributed by atoms with Crippen molar-refractivity contribution in [3.8, 4) is 11.1 Å². The summed E-state index contributed by atoms with van der Waals surface area (Å²) in [6.07, 6.45) is -1.74. The normalized spacial score (nSPS) is 10.8. The summed E-state index contributed by atoms with van der Waals surface area (Å²) in [7, 11) is 0. The molecule has 0 atom stereocenters. The summed E-state index contributed by atoms with van der Waals surface area (Å²) >= 11 is 0. The zero-order chi connectivity index (χ0) is 14.0. The number of benzene rings is 1. The molecule has 20 heavy (non-hydrogen) atoms. The van der Waals surface area contributed by atoms with Gasteiger partial charge in [0.1, 0.15) is 0 Å². The third-order valence-electron chi connectivity index (χ3n) is 2.52. The van der Waals surface area contributed by atoms with Crippen molar-refractivity contribution >= 4 is 18.4 Å². The van der Waals surface area contributed by atoms with E-state index in [0.29, 0.717) is 11.6 Å². The first-order valence-corrected chi connectivity index (χ1v) is 5.24. The van der Waals surface area contributed by atoms with E-state index in [1.54, 1.807) is 0 Å². The Morgan fingerprint density at radius 3 is 2.15 bits per heavy atom.